The quantitative estimate of drug-likeness (QED) is 0.618. The number of hydrogen-bond acceptors (Lipinski definition) is 3. The fraction of sp³-hybridized carbons (Fsp3) is 0. The molecule has 3 N–H and O–H groups in total. The van der Waals surface area contributed by atoms with Crippen molar-refractivity contribution in [1.29, 1.82) is 0 Å². The molecule has 2 aromatic rings. The molecule has 0 aliphatic rings. The summed E-state index contributed by atoms with van der Waals surface area (Å²) in [6, 6.07) is 6.08. The topological polar surface area (TPSA) is 78.2 Å². The van der Waals surface area contributed by atoms with Gasteiger partial charge in [0.15, 0.2) is 0 Å². The van der Waals surface area contributed by atoms with E-state index in [0.717, 1.165) is 0 Å². The molecule has 1 aromatic heterocycles. The number of nitrogens with one attached hydrogen (secondary N) is 1. The van der Waals surface area contributed by atoms with Crippen LogP contribution in [0.5, 0.6) is 11.6 Å². The van der Waals surface area contributed by atoms with Crippen LogP contribution >= 0.6 is 0 Å². The molecule has 0 spiro atoms. The number of rotatable bonds is 1. The molecule has 0 radical (unpaired) electrons. The monoisotopic (exact) mass is 192 g/mol. The number of aromatic hydroxyl groups is 2. The molecule has 1 aromatic carbocycles. The third-order valence-corrected chi connectivity index (χ3v) is 1.83. The van der Waals surface area contributed by atoms with E-state index in [-0.39, 0.29) is 11.6 Å². The Morgan fingerprint density at radius 2 is 1.79 bits per heavy atom. The Morgan fingerprint density at radius 3 is 2.29 bits per heavy atom. The van der Waals surface area contributed by atoms with Crippen LogP contribution in [0.4, 0.5) is 0 Å². The van der Waals surface area contributed by atoms with Crippen molar-refractivity contribution in [1.82, 2.24) is 9.55 Å². The number of aromatic amines is 1. The van der Waals surface area contributed by atoms with Gasteiger partial charge in [-0.3, -0.25) is 9.55 Å². The first-order valence-corrected chi connectivity index (χ1v) is 3.97. The molecule has 2 rings (SSSR count). The van der Waals surface area contributed by atoms with Gasteiger partial charge in [0, 0.05) is 0 Å². The first-order chi connectivity index (χ1) is 6.66. The number of phenolic OH excluding ortho intramolecular Hbond substituents is 1. The number of aromatic nitrogens is 2. The van der Waals surface area contributed by atoms with Crippen LogP contribution in [0, 0.1) is 0 Å². The predicted molar refractivity (Wildman–Crippen MR) is 49.7 cm³/mol. The smallest absolute Gasteiger partial charge is 0.332 e. The second-order valence-corrected chi connectivity index (χ2v) is 2.83. The highest BCUT2D eigenvalue weighted by Crippen LogP contribution is 2.13. The first-order valence-electron chi connectivity index (χ1n) is 3.97. The highest BCUT2D eigenvalue weighted by Gasteiger charge is 2.02. The first kappa shape index (κ1) is 8.43. The van der Waals surface area contributed by atoms with Gasteiger partial charge in [-0.1, -0.05) is 0 Å². The van der Waals surface area contributed by atoms with Crippen molar-refractivity contribution in [2.75, 3.05) is 0 Å². The van der Waals surface area contributed by atoms with Crippen molar-refractivity contribution in [2.45, 2.75) is 0 Å². The zero-order valence-corrected chi connectivity index (χ0v) is 7.14. The van der Waals surface area contributed by atoms with E-state index in [4.69, 9.17) is 10.2 Å². The number of H-pyrrole nitrogens is 1. The maximum absolute atomic E-state index is 11.2. The molecule has 0 saturated carbocycles. The molecule has 1 heterocycles. The van der Waals surface area contributed by atoms with E-state index in [1.54, 1.807) is 12.1 Å². The largest absolute Gasteiger partial charge is 0.508 e. The van der Waals surface area contributed by atoms with Crippen LogP contribution in [0.15, 0.2) is 35.3 Å². The van der Waals surface area contributed by atoms with Gasteiger partial charge in [0.25, 0.3) is 0 Å². The summed E-state index contributed by atoms with van der Waals surface area (Å²) in [6.45, 7) is 0. The average Bonchev–Trinajstić information content (AvgIpc) is 2.47. The molecule has 0 atom stereocenters. The number of phenols is 1. The molecule has 14 heavy (non-hydrogen) atoms. The molecule has 0 amide bonds. The van der Waals surface area contributed by atoms with Gasteiger partial charge in [0.1, 0.15) is 5.75 Å². The van der Waals surface area contributed by atoms with E-state index >= 15 is 0 Å². The zero-order valence-electron chi connectivity index (χ0n) is 7.14. The summed E-state index contributed by atoms with van der Waals surface area (Å²) in [6.07, 6.45) is 1.27. The van der Waals surface area contributed by atoms with Gasteiger partial charge in [-0.05, 0) is 24.3 Å². The van der Waals surface area contributed by atoms with E-state index in [2.05, 4.69) is 4.98 Å². The Morgan fingerprint density at radius 1 is 1.14 bits per heavy atom. The molecular formula is C9H8N2O3. The van der Waals surface area contributed by atoms with Crippen LogP contribution in [-0.4, -0.2) is 19.8 Å². The minimum atomic E-state index is -0.423. The van der Waals surface area contributed by atoms with Crippen LogP contribution in [0.2, 0.25) is 0 Å². The van der Waals surface area contributed by atoms with E-state index < -0.39 is 5.69 Å². The van der Waals surface area contributed by atoms with Gasteiger partial charge in [-0.2, -0.15) is 0 Å². The van der Waals surface area contributed by atoms with Gasteiger partial charge >= 0.3 is 5.69 Å². The molecule has 0 aliphatic carbocycles. The number of benzene rings is 1. The Balaban J connectivity index is 2.54. The maximum atomic E-state index is 11.2. The summed E-state index contributed by atoms with van der Waals surface area (Å²) in [5.74, 6) is -0.0652. The highest BCUT2D eigenvalue weighted by molar-refractivity contribution is 5.37. The molecular weight excluding hydrogens is 184 g/mol. The molecule has 0 bridgehead atoms. The summed E-state index contributed by atoms with van der Waals surface area (Å²) in [7, 11) is 0. The Bertz CT molecular complexity index is 496. The lowest BCUT2D eigenvalue weighted by Crippen LogP contribution is -2.13. The molecule has 0 fully saturated rings. The lowest BCUT2D eigenvalue weighted by molar-refractivity contribution is 0.455. The van der Waals surface area contributed by atoms with Crippen LogP contribution in [0.1, 0.15) is 0 Å². The van der Waals surface area contributed by atoms with Crippen LogP contribution in [-0.2, 0) is 0 Å². The Labute approximate surface area is 78.9 Å². The fourth-order valence-electron chi connectivity index (χ4n) is 1.19. The third kappa shape index (κ3) is 1.35. The van der Waals surface area contributed by atoms with Crippen LogP contribution < -0.4 is 5.69 Å². The lowest BCUT2D eigenvalue weighted by Gasteiger charge is -1.99. The molecule has 0 saturated heterocycles. The lowest BCUT2D eigenvalue weighted by atomic mass is 10.3. The predicted octanol–water partition coefficient (Wildman–Crippen LogP) is 0.577. The van der Waals surface area contributed by atoms with Crippen molar-refractivity contribution in [3.63, 3.8) is 0 Å². The van der Waals surface area contributed by atoms with Crippen molar-refractivity contribution in [3.05, 3.63) is 40.9 Å². The molecule has 0 unspecified atom stereocenters. The van der Waals surface area contributed by atoms with Gasteiger partial charge in [-0.15, -0.1) is 0 Å². The fourth-order valence-corrected chi connectivity index (χ4v) is 1.19. The number of hydrogen-bond donors (Lipinski definition) is 3. The summed E-state index contributed by atoms with van der Waals surface area (Å²) < 4.78 is 1.24. The van der Waals surface area contributed by atoms with Gasteiger partial charge in [0.05, 0.1) is 11.9 Å². The summed E-state index contributed by atoms with van der Waals surface area (Å²) >= 11 is 0. The molecule has 5 heteroatoms. The van der Waals surface area contributed by atoms with Crippen LogP contribution in [0.25, 0.3) is 5.69 Å². The normalized spacial score (nSPS) is 10.3. The minimum absolute atomic E-state index is 0.126. The standard InChI is InChI=1S/C9H8N2O3/c12-7-3-1-6(2-4-7)11-5-8(13)10-9(11)14/h1-5,12-13H,(H,10,14). The second-order valence-electron chi connectivity index (χ2n) is 2.83. The SMILES string of the molecule is O=c1[nH]c(O)cn1-c1ccc(O)cc1. The molecule has 0 aliphatic heterocycles. The van der Waals surface area contributed by atoms with Crippen molar-refractivity contribution in [2.24, 2.45) is 0 Å². The molecule has 5 nitrogen and oxygen atoms in total. The van der Waals surface area contributed by atoms with Crippen molar-refractivity contribution < 1.29 is 10.2 Å². The minimum Gasteiger partial charge on any atom is -0.508 e. The van der Waals surface area contributed by atoms with E-state index in [1.165, 1.54) is 22.9 Å². The van der Waals surface area contributed by atoms with Gasteiger partial charge < -0.3 is 10.2 Å². The van der Waals surface area contributed by atoms with Crippen molar-refractivity contribution >= 4 is 0 Å². The van der Waals surface area contributed by atoms with E-state index in [1.807, 2.05) is 0 Å². The van der Waals surface area contributed by atoms with Crippen molar-refractivity contribution in [3.8, 4) is 17.3 Å². The van der Waals surface area contributed by atoms with Gasteiger partial charge in [-0.25, -0.2) is 4.79 Å². The number of nitrogens with zero attached hydrogens (tertiary/aromatic N) is 1. The summed E-state index contributed by atoms with van der Waals surface area (Å²) in [4.78, 5) is 13.4. The second kappa shape index (κ2) is 2.95. The van der Waals surface area contributed by atoms with E-state index in [0.29, 0.717) is 5.69 Å². The summed E-state index contributed by atoms with van der Waals surface area (Å²) in [5.41, 5.74) is 0.150. The Kier molecular flexibility index (Phi) is 1.78. The Hall–Kier alpha value is -2.17. The zero-order chi connectivity index (χ0) is 10.1. The van der Waals surface area contributed by atoms with E-state index in [9.17, 15) is 4.79 Å². The highest BCUT2D eigenvalue weighted by atomic mass is 16.3. The maximum Gasteiger partial charge on any atom is 0.332 e. The molecule has 72 valence electrons. The van der Waals surface area contributed by atoms with Crippen LogP contribution in [0.3, 0.4) is 0 Å². The average molecular weight is 192 g/mol. The third-order valence-electron chi connectivity index (χ3n) is 1.83. The summed E-state index contributed by atoms with van der Waals surface area (Å²) in [5, 5.41) is 18.1. The number of imidazole rings is 1. The van der Waals surface area contributed by atoms with Gasteiger partial charge in [0.2, 0.25) is 5.88 Å².